The molecule has 120 valence electrons. The third-order valence-electron chi connectivity index (χ3n) is 3.74. The molecule has 0 aliphatic carbocycles. The summed E-state index contributed by atoms with van der Waals surface area (Å²) < 4.78 is 8.27. The number of nitrogens with one attached hydrogen (secondary N) is 1. The molecular formula is C16H18BrN5O. The summed E-state index contributed by atoms with van der Waals surface area (Å²) in [5.41, 5.74) is 2.78. The van der Waals surface area contributed by atoms with Crippen LogP contribution in [-0.2, 0) is 6.42 Å². The molecule has 0 amide bonds. The second kappa shape index (κ2) is 6.64. The van der Waals surface area contributed by atoms with Crippen molar-refractivity contribution >= 4 is 15.9 Å². The highest BCUT2D eigenvalue weighted by Gasteiger charge is 2.17. The highest BCUT2D eigenvalue weighted by molar-refractivity contribution is 9.10. The van der Waals surface area contributed by atoms with Crippen molar-refractivity contribution in [3.63, 3.8) is 0 Å². The molecule has 3 aromatic rings. The molecule has 6 nitrogen and oxygen atoms in total. The van der Waals surface area contributed by atoms with Gasteiger partial charge in [-0.2, -0.15) is 10.1 Å². The number of nitrogens with zero attached hydrogens (tertiary/aromatic N) is 4. The molecule has 2 heterocycles. The van der Waals surface area contributed by atoms with Crippen molar-refractivity contribution in [2.24, 2.45) is 0 Å². The number of rotatable bonds is 5. The number of hydrogen-bond acceptors (Lipinski definition) is 5. The molecule has 2 aromatic heterocycles. The number of halogens is 1. The average Bonchev–Trinajstić information content (AvgIpc) is 3.13. The fourth-order valence-electron chi connectivity index (χ4n) is 2.31. The zero-order valence-electron chi connectivity index (χ0n) is 13.2. The minimum Gasteiger partial charge on any atom is -0.334 e. The van der Waals surface area contributed by atoms with Gasteiger partial charge < -0.3 is 9.84 Å². The lowest BCUT2D eigenvalue weighted by atomic mass is 10.2. The average molecular weight is 376 g/mol. The van der Waals surface area contributed by atoms with Gasteiger partial charge in [-0.25, -0.2) is 4.68 Å². The molecule has 0 bridgehead atoms. The molecular weight excluding hydrogens is 358 g/mol. The van der Waals surface area contributed by atoms with E-state index in [0.29, 0.717) is 17.8 Å². The maximum absolute atomic E-state index is 5.40. The van der Waals surface area contributed by atoms with Gasteiger partial charge in [0.05, 0.1) is 23.1 Å². The van der Waals surface area contributed by atoms with Crippen LogP contribution in [0.2, 0.25) is 0 Å². The van der Waals surface area contributed by atoms with Crippen LogP contribution in [0.4, 0.5) is 0 Å². The smallest absolute Gasteiger partial charge is 0.261 e. The summed E-state index contributed by atoms with van der Waals surface area (Å²) in [5, 5.41) is 11.7. The lowest BCUT2D eigenvalue weighted by molar-refractivity contribution is 0.418. The monoisotopic (exact) mass is 375 g/mol. The number of aromatic nitrogens is 4. The van der Waals surface area contributed by atoms with Crippen LogP contribution >= 0.6 is 15.9 Å². The minimum absolute atomic E-state index is 0.297. The van der Waals surface area contributed by atoms with Gasteiger partial charge in [0.2, 0.25) is 0 Å². The molecule has 0 aliphatic heterocycles. The van der Waals surface area contributed by atoms with E-state index in [9.17, 15) is 0 Å². The molecule has 1 unspecified atom stereocenters. The quantitative estimate of drug-likeness (QED) is 0.741. The molecule has 1 atom stereocenters. The van der Waals surface area contributed by atoms with Crippen molar-refractivity contribution in [3.8, 4) is 17.1 Å². The van der Waals surface area contributed by atoms with Crippen molar-refractivity contribution in [1.82, 2.24) is 25.2 Å². The second-order valence-electron chi connectivity index (χ2n) is 5.44. The van der Waals surface area contributed by atoms with Crippen molar-refractivity contribution < 1.29 is 4.52 Å². The van der Waals surface area contributed by atoms with E-state index in [-0.39, 0.29) is 0 Å². The lowest BCUT2D eigenvalue weighted by Crippen LogP contribution is -2.24. The van der Waals surface area contributed by atoms with Gasteiger partial charge in [-0.05, 0) is 39.1 Å². The first-order chi connectivity index (χ1) is 11.1. The first-order valence-corrected chi connectivity index (χ1v) is 8.18. The summed E-state index contributed by atoms with van der Waals surface area (Å²) in [4.78, 5) is 4.47. The first kappa shape index (κ1) is 15.9. The zero-order chi connectivity index (χ0) is 16.4. The van der Waals surface area contributed by atoms with Crippen LogP contribution in [0.15, 0.2) is 39.5 Å². The van der Waals surface area contributed by atoms with Gasteiger partial charge in [0.25, 0.3) is 5.89 Å². The fourth-order valence-corrected chi connectivity index (χ4v) is 2.70. The minimum atomic E-state index is 0.297. The summed E-state index contributed by atoms with van der Waals surface area (Å²) >= 11 is 3.48. The SMILES string of the molecule is CNC(C)Cc1noc(-c2cnn(-c3cccc(Br)c3)c2C)n1. The molecule has 0 aliphatic rings. The standard InChI is InChI=1S/C16H18BrN5O/c1-10(18-3)7-15-20-16(23-21-15)14-9-19-22(11(14)2)13-6-4-5-12(17)8-13/h4-6,8-10,18H,7H2,1-3H3. The van der Waals surface area contributed by atoms with Crippen molar-refractivity contribution in [2.75, 3.05) is 7.05 Å². The van der Waals surface area contributed by atoms with Crippen LogP contribution in [0.1, 0.15) is 18.4 Å². The molecule has 0 radical (unpaired) electrons. The van der Waals surface area contributed by atoms with E-state index in [0.717, 1.165) is 27.8 Å². The zero-order valence-corrected chi connectivity index (χ0v) is 14.8. The Kier molecular flexibility index (Phi) is 4.58. The molecule has 3 rings (SSSR count). The molecule has 0 fully saturated rings. The van der Waals surface area contributed by atoms with Gasteiger partial charge >= 0.3 is 0 Å². The van der Waals surface area contributed by atoms with E-state index in [1.54, 1.807) is 6.20 Å². The van der Waals surface area contributed by atoms with Crippen LogP contribution in [0.3, 0.4) is 0 Å². The van der Waals surface area contributed by atoms with Gasteiger partial charge in [-0.15, -0.1) is 0 Å². The van der Waals surface area contributed by atoms with Crippen LogP contribution in [0.25, 0.3) is 17.1 Å². The maximum Gasteiger partial charge on any atom is 0.261 e. The normalized spacial score (nSPS) is 12.5. The molecule has 7 heteroatoms. The van der Waals surface area contributed by atoms with Gasteiger partial charge in [0.1, 0.15) is 0 Å². The summed E-state index contributed by atoms with van der Waals surface area (Å²) in [6.07, 6.45) is 2.48. The topological polar surface area (TPSA) is 68.8 Å². The van der Waals surface area contributed by atoms with Crippen molar-refractivity contribution in [3.05, 3.63) is 46.5 Å². The van der Waals surface area contributed by atoms with Gasteiger partial charge in [0.15, 0.2) is 5.82 Å². The van der Waals surface area contributed by atoms with Crippen LogP contribution < -0.4 is 5.32 Å². The highest BCUT2D eigenvalue weighted by atomic mass is 79.9. The Morgan fingerprint density at radius 2 is 2.22 bits per heavy atom. The first-order valence-electron chi connectivity index (χ1n) is 7.39. The van der Waals surface area contributed by atoms with Gasteiger partial charge in [0, 0.05) is 16.9 Å². The predicted octanol–water partition coefficient (Wildman–Crippen LogP) is 3.14. The molecule has 23 heavy (non-hydrogen) atoms. The van der Waals surface area contributed by atoms with E-state index < -0.39 is 0 Å². The van der Waals surface area contributed by atoms with Crippen molar-refractivity contribution in [1.29, 1.82) is 0 Å². The summed E-state index contributed by atoms with van der Waals surface area (Å²) in [7, 11) is 1.91. The predicted molar refractivity (Wildman–Crippen MR) is 91.5 cm³/mol. The molecule has 1 aromatic carbocycles. The van der Waals surface area contributed by atoms with E-state index in [2.05, 4.69) is 43.4 Å². The van der Waals surface area contributed by atoms with Crippen LogP contribution in [-0.4, -0.2) is 33.0 Å². The number of likely N-dealkylation sites (N-methyl/N-ethyl adjacent to an activating group) is 1. The van der Waals surface area contributed by atoms with Gasteiger partial charge in [-0.3, -0.25) is 0 Å². The Balaban J connectivity index is 1.90. The fraction of sp³-hybridized carbons (Fsp3) is 0.312. The Bertz CT molecular complexity index is 810. The second-order valence-corrected chi connectivity index (χ2v) is 6.36. The summed E-state index contributed by atoms with van der Waals surface area (Å²) in [6.45, 7) is 4.07. The van der Waals surface area contributed by atoms with Gasteiger partial charge in [-0.1, -0.05) is 27.2 Å². The Morgan fingerprint density at radius 1 is 1.39 bits per heavy atom. The molecule has 0 saturated carbocycles. The van der Waals surface area contributed by atoms with Crippen LogP contribution in [0, 0.1) is 6.92 Å². The van der Waals surface area contributed by atoms with E-state index >= 15 is 0 Å². The largest absolute Gasteiger partial charge is 0.334 e. The summed E-state index contributed by atoms with van der Waals surface area (Å²) in [6, 6.07) is 8.27. The lowest BCUT2D eigenvalue weighted by Gasteiger charge is -2.05. The number of benzene rings is 1. The Morgan fingerprint density at radius 3 is 2.96 bits per heavy atom. The van der Waals surface area contributed by atoms with Crippen LogP contribution in [0.5, 0.6) is 0 Å². The Hall–Kier alpha value is -1.99. The van der Waals surface area contributed by atoms with Crippen molar-refractivity contribution in [2.45, 2.75) is 26.3 Å². The summed E-state index contributed by atoms with van der Waals surface area (Å²) in [5.74, 6) is 1.19. The highest BCUT2D eigenvalue weighted by Crippen LogP contribution is 2.24. The maximum atomic E-state index is 5.40. The van der Waals surface area contributed by atoms with E-state index in [1.807, 2.05) is 42.9 Å². The molecule has 0 spiro atoms. The Labute approximate surface area is 143 Å². The number of hydrogen-bond donors (Lipinski definition) is 1. The third-order valence-corrected chi connectivity index (χ3v) is 4.24. The molecule has 1 N–H and O–H groups in total. The van der Waals surface area contributed by atoms with E-state index in [4.69, 9.17) is 4.52 Å². The molecule has 0 saturated heterocycles. The third kappa shape index (κ3) is 3.35. The van der Waals surface area contributed by atoms with E-state index in [1.165, 1.54) is 0 Å².